The number of aryl methyl sites for hydroxylation is 4. The van der Waals surface area contributed by atoms with Crippen LogP contribution in [0.2, 0.25) is 0 Å². The van der Waals surface area contributed by atoms with Crippen LogP contribution >= 0.6 is 0 Å². The number of nitrogens with zero attached hydrogens (tertiary/aromatic N) is 2. The summed E-state index contributed by atoms with van der Waals surface area (Å²) < 4.78 is 8.39. The number of ether oxygens (including phenoxy) is 1. The lowest BCUT2D eigenvalue weighted by Gasteiger charge is -2.12. The molecule has 0 radical (unpaired) electrons. The summed E-state index contributed by atoms with van der Waals surface area (Å²) in [5, 5.41) is 0. The first-order valence-electron chi connectivity index (χ1n) is 10.3. The molecule has 0 saturated heterocycles. The molecule has 4 aromatic rings. The van der Waals surface area contributed by atoms with Gasteiger partial charge in [0.15, 0.2) is 0 Å². The van der Waals surface area contributed by atoms with E-state index < -0.39 is 0 Å². The number of para-hydroxylation sites is 2. The van der Waals surface area contributed by atoms with E-state index in [9.17, 15) is 0 Å². The average molecular weight is 385 g/mol. The van der Waals surface area contributed by atoms with E-state index in [1.165, 1.54) is 27.8 Å². The maximum Gasteiger partial charge on any atom is 0.141 e. The van der Waals surface area contributed by atoms with Crippen molar-refractivity contribution in [1.82, 2.24) is 9.55 Å². The summed E-state index contributed by atoms with van der Waals surface area (Å²) in [6.45, 7) is 8.01. The van der Waals surface area contributed by atoms with E-state index in [4.69, 9.17) is 9.72 Å². The minimum absolute atomic E-state index is 0.733. The van der Waals surface area contributed by atoms with Crippen molar-refractivity contribution in [3.8, 4) is 17.1 Å². The molecule has 3 aromatic carbocycles. The Balaban J connectivity index is 1.48. The zero-order valence-corrected chi connectivity index (χ0v) is 17.5. The zero-order chi connectivity index (χ0) is 20.2. The van der Waals surface area contributed by atoms with E-state index >= 15 is 0 Å². The van der Waals surface area contributed by atoms with Gasteiger partial charge >= 0.3 is 0 Å². The highest BCUT2D eigenvalue weighted by atomic mass is 16.5. The van der Waals surface area contributed by atoms with Gasteiger partial charge in [0, 0.05) is 12.1 Å². The Morgan fingerprint density at radius 3 is 2.48 bits per heavy atom. The third-order valence-corrected chi connectivity index (χ3v) is 5.42. The molecule has 0 aliphatic carbocycles. The Bertz CT molecular complexity index is 1130. The highest BCUT2D eigenvalue weighted by molar-refractivity contribution is 5.81. The molecule has 3 heteroatoms. The standard InChI is InChI=1S/C26H28N2O/c1-19-14-15-21(3)25(18-19)29-17-9-8-16-28-24-13-7-6-12-23(24)27-26(28)22-11-5-4-10-20(22)2/h4-7,10-15,18H,8-9,16-17H2,1-3H3. The van der Waals surface area contributed by atoms with Crippen molar-refractivity contribution >= 4 is 11.0 Å². The SMILES string of the molecule is Cc1ccc(C)c(OCCCCn2c(-c3ccccc3C)nc3ccccc32)c1. The maximum atomic E-state index is 6.03. The van der Waals surface area contributed by atoms with Gasteiger partial charge in [-0.3, -0.25) is 0 Å². The van der Waals surface area contributed by atoms with E-state index in [0.717, 1.165) is 43.1 Å². The molecule has 1 heterocycles. The molecule has 1 aromatic heterocycles. The van der Waals surface area contributed by atoms with Crippen molar-refractivity contribution in [3.05, 3.63) is 83.4 Å². The molecule has 0 N–H and O–H groups in total. The van der Waals surface area contributed by atoms with E-state index in [-0.39, 0.29) is 0 Å². The van der Waals surface area contributed by atoms with E-state index in [0.29, 0.717) is 0 Å². The van der Waals surface area contributed by atoms with Crippen molar-refractivity contribution in [2.45, 2.75) is 40.2 Å². The summed E-state index contributed by atoms with van der Waals surface area (Å²) in [4.78, 5) is 4.94. The molecular formula is C26H28N2O. The van der Waals surface area contributed by atoms with Crippen LogP contribution in [0.15, 0.2) is 66.7 Å². The molecule has 4 rings (SSSR count). The second-order valence-corrected chi connectivity index (χ2v) is 7.72. The fraction of sp³-hybridized carbons (Fsp3) is 0.269. The number of hydrogen-bond donors (Lipinski definition) is 0. The predicted octanol–water partition coefficient (Wildman–Crippen LogP) is 6.49. The molecule has 0 fully saturated rings. The fourth-order valence-electron chi connectivity index (χ4n) is 3.75. The van der Waals surface area contributed by atoms with Gasteiger partial charge < -0.3 is 9.30 Å². The van der Waals surface area contributed by atoms with Crippen LogP contribution in [0.5, 0.6) is 5.75 Å². The fourth-order valence-corrected chi connectivity index (χ4v) is 3.75. The number of aromatic nitrogens is 2. The van der Waals surface area contributed by atoms with Crippen LogP contribution in [0.25, 0.3) is 22.4 Å². The molecule has 0 saturated carbocycles. The first-order chi connectivity index (χ1) is 14.1. The lowest BCUT2D eigenvalue weighted by molar-refractivity contribution is 0.301. The van der Waals surface area contributed by atoms with Gasteiger partial charge in [-0.15, -0.1) is 0 Å². The van der Waals surface area contributed by atoms with Crippen LogP contribution in [0.4, 0.5) is 0 Å². The van der Waals surface area contributed by atoms with Gasteiger partial charge in [-0.2, -0.15) is 0 Å². The first kappa shape index (κ1) is 19.3. The highest BCUT2D eigenvalue weighted by Gasteiger charge is 2.13. The van der Waals surface area contributed by atoms with Gasteiger partial charge in [0.1, 0.15) is 11.6 Å². The summed E-state index contributed by atoms with van der Waals surface area (Å²) in [7, 11) is 0. The number of unbranched alkanes of at least 4 members (excludes halogenated alkanes) is 1. The number of hydrogen-bond acceptors (Lipinski definition) is 2. The van der Waals surface area contributed by atoms with Gasteiger partial charge in [-0.25, -0.2) is 4.98 Å². The van der Waals surface area contributed by atoms with E-state index in [1.807, 2.05) is 0 Å². The van der Waals surface area contributed by atoms with Crippen molar-refractivity contribution < 1.29 is 4.74 Å². The van der Waals surface area contributed by atoms with Gasteiger partial charge in [-0.05, 0) is 68.5 Å². The van der Waals surface area contributed by atoms with Gasteiger partial charge in [0.05, 0.1) is 17.6 Å². The van der Waals surface area contributed by atoms with E-state index in [1.54, 1.807) is 0 Å². The lowest BCUT2D eigenvalue weighted by atomic mass is 10.1. The van der Waals surface area contributed by atoms with Crippen molar-refractivity contribution in [2.75, 3.05) is 6.61 Å². The molecular weight excluding hydrogens is 356 g/mol. The molecule has 29 heavy (non-hydrogen) atoms. The summed E-state index contributed by atoms with van der Waals surface area (Å²) in [6.07, 6.45) is 2.05. The lowest BCUT2D eigenvalue weighted by Crippen LogP contribution is -2.05. The number of fused-ring (bicyclic) bond motifs is 1. The third-order valence-electron chi connectivity index (χ3n) is 5.42. The number of rotatable bonds is 7. The van der Waals surface area contributed by atoms with Crippen molar-refractivity contribution in [1.29, 1.82) is 0 Å². The molecule has 148 valence electrons. The highest BCUT2D eigenvalue weighted by Crippen LogP contribution is 2.27. The molecule has 0 spiro atoms. The molecule has 0 amide bonds. The summed E-state index contributed by atoms with van der Waals surface area (Å²) in [5.74, 6) is 2.05. The normalized spacial score (nSPS) is 11.1. The molecule has 0 unspecified atom stereocenters. The molecule has 3 nitrogen and oxygen atoms in total. The second kappa shape index (κ2) is 8.52. The minimum Gasteiger partial charge on any atom is -0.493 e. The van der Waals surface area contributed by atoms with E-state index in [2.05, 4.69) is 92.1 Å². The monoisotopic (exact) mass is 384 g/mol. The van der Waals surface area contributed by atoms with Crippen LogP contribution in [0, 0.1) is 20.8 Å². The zero-order valence-electron chi connectivity index (χ0n) is 17.5. The smallest absolute Gasteiger partial charge is 0.141 e. The second-order valence-electron chi connectivity index (χ2n) is 7.72. The third kappa shape index (κ3) is 4.19. The van der Waals surface area contributed by atoms with Crippen LogP contribution in [0.1, 0.15) is 29.5 Å². The van der Waals surface area contributed by atoms with Crippen LogP contribution in [-0.4, -0.2) is 16.2 Å². The molecule has 0 bridgehead atoms. The Kier molecular flexibility index (Phi) is 5.66. The largest absolute Gasteiger partial charge is 0.493 e. The van der Waals surface area contributed by atoms with Crippen LogP contribution in [-0.2, 0) is 6.54 Å². The van der Waals surface area contributed by atoms with Gasteiger partial charge in [0.2, 0.25) is 0 Å². The average Bonchev–Trinajstić information content (AvgIpc) is 3.09. The Morgan fingerprint density at radius 2 is 1.62 bits per heavy atom. The summed E-state index contributed by atoms with van der Waals surface area (Å²) in [5.41, 5.74) is 7.13. The Hall–Kier alpha value is -3.07. The Labute approximate surface area is 173 Å². The molecule has 0 atom stereocenters. The van der Waals surface area contributed by atoms with Gasteiger partial charge in [-0.1, -0.05) is 48.5 Å². The minimum atomic E-state index is 0.733. The summed E-state index contributed by atoms with van der Waals surface area (Å²) in [6, 6.07) is 23.2. The van der Waals surface area contributed by atoms with Crippen LogP contribution in [0.3, 0.4) is 0 Å². The predicted molar refractivity (Wildman–Crippen MR) is 121 cm³/mol. The molecule has 0 aliphatic heterocycles. The van der Waals surface area contributed by atoms with Crippen molar-refractivity contribution in [2.24, 2.45) is 0 Å². The topological polar surface area (TPSA) is 27.1 Å². The molecule has 0 aliphatic rings. The quantitative estimate of drug-likeness (QED) is 0.341. The van der Waals surface area contributed by atoms with Crippen LogP contribution < -0.4 is 4.74 Å². The Morgan fingerprint density at radius 1 is 0.828 bits per heavy atom. The number of imidazole rings is 1. The summed E-state index contributed by atoms with van der Waals surface area (Å²) >= 11 is 0. The first-order valence-corrected chi connectivity index (χ1v) is 10.3. The maximum absolute atomic E-state index is 6.03. The van der Waals surface area contributed by atoms with Gasteiger partial charge in [0.25, 0.3) is 0 Å². The van der Waals surface area contributed by atoms with Crippen molar-refractivity contribution in [3.63, 3.8) is 0 Å². The number of benzene rings is 3.